The molecular formula is C12H16BrFN2O2S. The number of sulfonamides is 1. The normalized spacial score (nSPS) is 24.8. The third-order valence-electron chi connectivity index (χ3n) is 3.42. The van der Waals surface area contributed by atoms with Gasteiger partial charge < -0.3 is 5.73 Å². The molecule has 0 aromatic heterocycles. The monoisotopic (exact) mass is 350 g/mol. The molecule has 19 heavy (non-hydrogen) atoms. The quantitative estimate of drug-likeness (QED) is 0.905. The lowest BCUT2D eigenvalue weighted by Crippen LogP contribution is -2.35. The third-order valence-corrected chi connectivity index (χ3v) is 5.92. The van der Waals surface area contributed by atoms with E-state index in [2.05, 4.69) is 15.9 Å². The minimum Gasteiger partial charge on any atom is -0.330 e. The van der Waals surface area contributed by atoms with E-state index < -0.39 is 15.8 Å². The Morgan fingerprint density at radius 2 is 2.21 bits per heavy atom. The van der Waals surface area contributed by atoms with E-state index in [1.807, 2.05) is 6.92 Å². The van der Waals surface area contributed by atoms with Crippen LogP contribution in [0, 0.1) is 11.7 Å². The van der Waals surface area contributed by atoms with Crippen LogP contribution in [0.3, 0.4) is 0 Å². The summed E-state index contributed by atoms with van der Waals surface area (Å²) in [5.74, 6) is -0.596. The van der Waals surface area contributed by atoms with E-state index in [9.17, 15) is 12.8 Å². The maximum atomic E-state index is 13.8. The molecule has 1 fully saturated rings. The molecule has 0 spiro atoms. The lowest BCUT2D eigenvalue weighted by atomic mass is 10.1. The van der Waals surface area contributed by atoms with Gasteiger partial charge in [-0.25, -0.2) is 12.8 Å². The molecule has 106 valence electrons. The molecule has 0 amide bonds. The third kappa shape index (κ3) is 2.84. The minimum absolute atomic E-state index is 0.142. The van der Waals surface area contributed by atoms with E-state index >= 15 is 0 Å². The summed E-state index contributed by atoms with van der Waals surface area (Å²) >= 11 is 3.11. The highest BCUT2D eigenvalue weighted by molar-refractivity contribution is 9.10. The molecule has 1 heterocycles. The van der Waals surface area contributed by atoms with Crippen molar-refractivity contribution in [3.63, 3.8) is 0 Å². The summed E-state index contributed by atoms with van der Waals surface area (Å²) in [6.45, 7) is 2.62. The summed E-state index contributed by atoms with van der Waals surface area (Å²) in [7, 11) is -3.80. The zero-order chi connectivity index (χ0) is 14.2. The number of halogens is 2. The van der Waals surface area contributed by atoms with Gasteiger partial charge in [0.05, 0.1) is 0 Å². The lowest BCUT2D eigenvalue weighted by Gasteiger charge is -2.21. The van der Waals surface area contributed by atoms with E-state index in [1.54, 1.807) is 0 Å². The predicted molar refractivity (Wildman–Crippen MR) is 74.6 cm³/mol. The van der Waals surface area contributed by atoms with Crippen molar-refractivity contribution in [1.29, 1.82) is 0 Å². The van der Waals surface area contributed by atoms with E-state index in [4.69, 9.17) is 5.73 Å². The Morgan fingerprint density at radius 3 is 2.74 bits per heavy atom. The van der Waals surface area contributed by atoms with Gasteiger partial charge in [-0.15, -0.1) is 0 Å². The van der Waals surface area contributed by atoms with Crippen LogP contribution in [0.25, 0.3) is 0 Å². The Labute approximate surface area is 121 Å². The van der Waals surface area contributed by atoms with E-state index in [-0.39, 0.29) is 16.9 Å². The van der Waals surface area contributed by atoms with Crippen LogP contribution >= 0.6 is 15.9 Å². The molecule has 4 nitrogen and oxygen atoms in total. The largest absolute Gasteiger partial charge is 0.330 e. The first-order valence-electron chi connectivity index (χ1n) is 6.03. The maximum Gasteiger partial charge on any atom is 0.246 e. The molecule has 7 heteroatoms. The van der Waals surface area contributed by atoms with Crippen LogP contribution in [0.1, 0.15) is 13.3 Å². The molecule has 1 aliphatic heterocycles. The molecule has 1 saturated heterocycles. The van der Waals surface area contributed by atoms with Crippen molar-refractivity contribution in [2.24, 2.45) is 11.7 Å². The van der Waals surface area contributed by atoms with Crippen molar-refractivity contribution in [3.8, 4) is 0 Å². The van der Waals surface area contributed by atoms with E-state index in [1.165, 1.54) is 16.4 Å². The van der Waals surface area contributed by atoms with Gasteiger partial charge in [0.2, 0.25) is 10.0 Å². The van der Waals surface area contributed by atoms with Gasteiger partial charge in [-0.2, -0.15) is 4.31 Å². The van der Waals surface area contributed by atoms with Crippen LogP contribution in [-0.2, 0) is 10.0 Å². The number of hydrogen-bond donors (Lipinski definition) is 1. The van der Waals surface area contributed by atoms with Crippen molar-refractivity contribution in [1.82, 2.24) is 4.31 Å². The highest BCUT2D eigenvalue weighted by Crippen LogP contribution is 2.30. The van der Waals surface area contributed by atoms with Crippen LogP contribution < -0.4 is 5.73 Å². The number of nitrogens with zero attached hydrogens (tertiary/aromatic N) is 1. The fraction of sp³-hybridized carbons (Fsp3) is 0.500. The van der Waals surface area contributed by atoms with Gasteiger partial charge in [0, 0.05) is 17.1 Å². The average molecular weight is 351 g/mol. The SMILES string of the molecule is CC1CC(CN)CN1S(=O)(=O)c1ccc(Br)cc1F. The van der Waals surface area contributed by atoms with Crippen molar-refractivity contribution in [2.45, 2.75) is 24.3 Å². The standard InChI is InChI=1S/C12H16BrFN2O2S/c1-8-4-9(6-15)7-16(8)19(17,18)12-3-2-10(13)5-11(12)14/h2-3,5,8-9H,4,6-7,15H2,1H3. The van der Waals surface area contributed by atoms with Gasteiger partial charge in [0.25, 0.3) is 0 Å². The first kappa shape index (κ1) is 14.9. The number of hydrogen-bond acceptors (Lipinski definition) is 3. The molecule has 1 aliphatic rings. The van der Waals surface area contributed by atoms with Gasteiger partial charge in [-0.1, -0.05) is 15.9 Å². The summed E-state index contributed by atoms with van der Waals surface area (Å²) in [6, 6.07) is 3.82. The molecule has 2 atom stereocenters. The fourth-order valence-corrected chi connectivity index (χ4v) is 4.52. The molecule has 0 radical (unpaired) electrons. The van der Waals surface area contributed by atoms with Crippen LogP contribution in [0.15, 0.2) is 27.6 Å². The highest BCUT2D eigenvalue weighted by Gasteiger charge is 2.38. The Bertz CT molecular complexity index is 579. The van der Waals surface area contributed by atoms with Gasteiger partial charge >= 0.3 is 0 Å². The summed E-state index contributed by atoms with van der Waals surface area (Å²) in [5, 5.41) is 0. The molecule has 2 rings (SSSR count). The summed E-state index contributed by atoms with van der Waals surface area (Å²) in [6.07, 6.45) is 0.716. The zero-order valence-electron chi connectivity index (χ0n) is 10.5. The Balaban J connectivity index is 2.37. The van der Waals surface area contributed by atoms with E-state index in [0.717, 1.165) is 6.07 Å². The Hall–Kier alpha value is -0.500. The van der Waals surface area contributed by atoms with Crippen molar-refractivity contribution < 1.29 is 12.8 Å². The molecule has 1 aromatic rings. The van der Waals surface area contributed by atoms with Crippen LogP contribution in [0.2, 0.25) is 0 Å². The predicted octanol–water partition coefficient (Wildman–Crippen LogP) is 1.95. The Morgan fingerprint density at radius 1 is 1.53 bits per heavy atom. The van der Waals surface area contributed by atoms with Crippen LogP contribution in [0.5, 0.6) is 0 Å². The van der Waals surface area contributed by atoms with Gasteiger partial charge in [0.1, 0.15) is 10.7 Å². The Kier molecular flexibility index (Phi) is 4.29. The second-order valence-corrected chi connectivity index (χ2v) is 7.61. The zero-order valence-corrected chi connectivity index (χ0v) is 12.9. The van der Waals surface area contributed by atoms with Crippen molar-refractivity contribution in [3.05, 3.63) is 28.5 Å². The summed E-state index contributed by atoms with van der Waals surface area (Å²) in [4.78, 5) is -0.278. The second-order valence-electron chi connectivity index (χ2n) is 4.84. The maximum absolute atomic E-state index is 13.8. The highest BCUT2D eigenvalue weighted by atomic mass is 79.9. The topological polar surface area (TPSA) is 63.4 Å². The molecular weight excluding hydrogens is 335 g/mol. The average Bonchev–Trinajstić information content (AvgIpc) is 2.70. The van der Waals surface area contributed by atoms with Crippen molar-refractivity contribution >= 4 is 26.0 Å². The van der Waals surface area contributed by atoms with Gasteiger partial charge in [-0.05, 0) is 44.0 Å². The number of rotatable bonds is 3. The molecule has 0 bridgehead atoms. The molecule has 1 aromatic carbocycles. The van der Waals surface area contributed by atoms with Crippen LogP contribution in [-0.4, -0.2) is 31.9 Å². The smallest absolute Gasteiger partial charge is 0.246 e. The second kappa shape index (κ2) is 5.47. The van der Waals surface area contributed by atoms with Gasteiger partial charge in [0.15, 0.2) is 0 Å². The van der Waals surface area contributed by atoms with Crippen molar-refractivity contribution in [2.75, 3.05) is 13.1 Å². The van der Waals surface area contributed by atoms with Crippen LogP contribution in [0.4, 0.5) is 4.39 Å². The molecule has 0 saturated carbocycles. The minimum atomic E-state index is -3.80. The summed E-state index contributed by atoms with van der Waals surface area (Å²) in [5.41, 5.74) is 5.59. The molecule has 2 unspecified atom stereocenters. The number of nitrogens with two attached hydrogens (primary N) is 1. The lowest BCUT2D eigenvalue weighted by molar-refractivity contribution is 0.401. The first-order chi connectivity index (χ1) is 8.86. The fourth-order valence-electron chi connectivity index (χ4n) is 2.43. The van der Waals surface area contributed by atoms with Gasteiger partial charge in [-0.3, -0.25) is 0 Å². The van der Waals surface area contributed by atoms with E-state index in [0.29, 0.717) is 24.0 Å². The molecule has 2 N–H and O–H groups in total. The first-order valence-corrected chi connectivity index (χ1v) is 8.26. The summed E-state index contributed by atoms with van der Waals surface area (Å²) < 4.78 is 40.6. The molecule has 0 aliphatic carbocycles. The number of benzene rings is 1.